The summed E-state index contributed by atoms with van der Waals surface area (Å²) in [5.41, 5.74) is 0.938. The van der Waals surface area contributed by atoms with Gasteiger partial charge in [-0.2, -0.15) is 0 Å². The maximum atomic E-state index is 11.6. The summed E-state index contributed by atoms with van der Waals surface area (Å²) in [5, 5.41) is 13.9. The molecule has 0 bridgehead atoms. The highest BCUT2D eigenvalue weighted by Crippen LogP contribution is 2.31. The van der Waals surface area contributed by atoms with E-state index in [1.165, 1.54) is 6.20 Å². The minimum absolute atomic E-state index is 0.0611. The average molecular weight is 315 g/mol. The Balaban J connectivity index is 2.18. The molecule has 120 valence electrons. The fraction of sp³-hybridized carbons (Fsp3) is 0.250. The minimum atomic E-state index is -0.519. The van der Waals surface area contributed by atoms with Crippen LogP contribution in [0.1, 0.15) is 19.4 Å². The number of carbonyl (C=O) groups is 1. The lowest BCUT2D eigenvalue weighted by molar-refractivity contribution is -0.386. The van der Waals surface area contributed by atoms with Crippen molar-refractivity contribution in [3.63, 3.8) is 0 Å². The smallest absolute Gasteiger partial charge is 0.334 e. The fourth-order valence-corrected chi connectivity index (χ4v) is 1.83. The number of rotatable bonds is 5. The van der Waals surface area contributed by atoms with Crippen molar-refractivity contribution in [1.82, 2.24) is 4.98 Å². The number of hydrogen-bond acceptors (Lipinski definition) is 5. The van der Waals surface area contributed by atoms with Crippen molar-refractivity contribution in [2.75, 3.05) is 5.32 Å². The number of ether oxygens (including phenoxy) is 1. The van der Waals surface area contributed by atoms with Gasteiger partial charge in [0.2, 0.25) is 5.91 Å². The molecule has 2 aromatic rings. The number of nitrogens with zero attached hydrogens (tertiary/aromatic N) is 2. The van der Waals surface area contributed by atoms with Gasteiger partial charge in [0, 0.05) is 23.4 Å². The van der Waals surface area contributed by atoms with Crippen molar-refractivity contribution in [2.45, 2.75) is 20.8 Å². The molecule has 0 atom stereocenters. The summed E-state index contributed by atoms with van der Waals surface area (Å²) in [7, 11) is 0. The van der Waals surface area contributed by atoms with E-state index in [-0.39, 0.29) is 23.4 Å². The number of anilines is 1. The lowest BCUT2D eigenvalue weighted by Crippen LogP contribution is -2.17. The summed E-state index contributed by atoms with van der Waals surface area (Å²) in [6.45, 7) is 5.22. The highest BCUT2D eigenvalue weighted by atomic mass is 16.6. The number of aryl methyl sites for hydroxylation is 1. The van der Waals surface area contributed by atoms with Crippen molar-refractivity contribution < 1.29 is 14.5 Å². The largest absolute Gasteiger partial charge is 0.434 e. The van der Waals surface area contributed by atoms with Crippen LogP contribution in [0.25, 0.3) is 0 Å². The van der Waals surface area contributed by atoms with Crippen LogP contribution >= 0.6 is 0 Å². The molecule has 0 radical (unpaired) electrons. The second-order valence-electron chi connectivity index (χ2n) is 5.31. The highest BCUT2D eigenvalue weighted by Gasteiger charge is 2.20. The first-order chi connectivity index (χ1) is 10.9. The zero-order valence-corrected chi connectivity index (χ0v) is 13.1. The topological polar surface area (TPSA) is 94.4 Å². The van der Waals surface area contributed by atoms with Crippen LogP contribution < -0.4 is 10.1 Å². The Morgan fingerprint density at radius 1 is 1.26 bits per heavy atom. The molecule has 0 saturated carbocycles. The van der Waals surface area contributed by atoms with Gasteiger partial charge in [-0.25, -0.2) is 4.98 Å². The lowest BCUT2D eigenvalue weighted by atomic mass is 10.2. The predicted octanol–water partition coefficient (Wildman–Crippen LogP) is 3.69. The van der Waals surface area contributed by atoms with E-state index in [1.54, 1.807) is 51.1 Å². The van der Waals surface area contributed by atoms with Gasteiger partial charge < -0.3 is 10.1 Å². The Morgan fingerprint density at radius 2 is 1.91 bits per heavy atom. The van der Waals surface area contributed by atoms with Crippen molar-refractivity contribution >= 4 is 17.3 Å². The molecule has 2 rings (SSSR count). The van der Waals surface area contributed by atoms with E-state index < -0.39 is 4.92 Å². The van der Waals surface area contributed by atoms with Gasteiger partial charge in [-0.1, -0.05) is 13.8 Å². The van der Waals surface area contributed by atoms with Gasteiger partial charge in [-0.3, -0.25) is 14.9 Å². The van der Waals surface area contributed by atoms with Gasteiger partial charge in [0.1, 0.15) is 5.75 Å². The first kappa shape index (κ1) is 16.4. The Bertz CT molecular complexity index is 727. The van der Waals surface area contributed by atoms with E-state index in [9.17, 15) is 14.9 Å². The highest BCUT2D eigenvalue weighted by molar-refractivity contribution is 5.92. The Kier molecular flexibility index (Phi) is 4.90. The van der Waals surface area contributed by atoms with Crippen molar-refractivity contribution in [2.24, 2.45) is 5.92 Å². The molecule has 1 N–H and O–H groups in total. The average Bonchev–Trinajstić information content (AvgIpc) is 2.48. The van der Waals surface area contributed by atoms with Gasteiger partial charge in [0.15, 0.2) is 0 Å². The number of carbonyl (C=O) groups excluding carboxylic acids is 1. The van der Waals surface area contributed by atoms with Crippen LogP contribution in [-0.4, -0.2) is 15.8 Å². The Hall–Kier alpha value is -2.96. The monoisotopic (exact) mass is 315 g/mol. The fourth-order valence-electron chi connectivity index (χ4n) is 1.83. The van der Waals surface area contributed by atoms with Crippen molar-refractivity contribution in [3.05, 3.63) is 52.2 Å². The van der Waals surface area contributed by atoms with Crippen LogP contribution in [0.4, 0.5) is 11.4 Å². The molecule has 7 nitrogen and oxygen atoms in total. The molecule has 0 fully saturated rings. The molecule has 0 unspecified atom stereocenters. The molecule has 0 saturated heterocycles. The summed E-state index contributed by atoms with van der Waals surface area (Å²) < 4.78 is 5.49. The van der Waals surface area contributed by atoms with Gasteiger partial charge >= 0.3 is 5.69 Å². The SMILES string of the molecule is Cc1ccnc(Oc2ccc(NC(=O)C(C)C)cc2)c1[N+](=O)[O-]. The van der Waals surface area contributed by atoms with Crippen LogP contribution in [0.5, 0.6) is 11.6 Å². The molecule has 1 heterocycles. The van der Waals surface area contributed by atoms with E-state index in [1.807, 2.05) is 0 Å². The second kappa shape index (κ2) is 6.87. The Morgan fingerprint density at radius 3 is 2.48 bits per heavy atom. The third-order valence-electron chi connectivity index (χ3n) is 3.14. The van der Waals surface area contributed by atoms with Gasteiger partial charge in [-0.05, 0) is 37.3 Å². The molecule has 0 aliphatic rings. The zero-order valence-electron chi connectivity index (χ0n) is 13.1. The molecule has 7 heteroatoms. The van der Waals surface area contributed by atoms with Gasteiger partial charge in [-0.15, -0.1) is 0 Å². The standard InChI is InChI=1S/C16H17N3O4/c1-10(2)15(20)18-12-4-6-13(7-5-12)23-16-14(19(21)22)11(3)8-9-17-16/h4-10H,1-3H3,(H,18,20). The summed E-state index contributed by atoms with van der Waals surface area (Å²) in [6.07, 6.45) is 1.45. The third kappa shape index (κ3) is 4.03. The number of amides is 1. The molecule has 0 spiro atoms. The molecule has 1 aromatic heterocycles. The molecular formula is C16H17N3O4. The zero-order chi connectivity index (χ0) is 17.0. The first-order valence-electron chi connectivity index (χ1n) is 7.07. The maximum Gasteiger partial charge on any atom is 0.334 e. The normalized spacial score (nSPS) is 10.4. The first-order valence-corrected chi connectivity index (χ1v) is 7.07. The maximum absolute atomic E-state index is 11.6. The number of pyridine rings is 1. The van der Waals surface area contributed by atoms with Crippen molar-refractivity contribution in [3.8, 4) is 11.6 Å². The number of nitro groups is 1. The molecular weight excluding hydrogens is 298 g/mol. The molecule has 23 heavy (non-hydrogen) atoms. The lowest BCUT2D eigenvalue weighted by Gasteiger charge is -2.09. The quantitative estimate of drug-likeness (QED) is 0.670. The second-order valence-corrected chi connectivity index (χ2v) is 5.31. The third-order valence-corrected chi connectivity index (χ3v) is 3.14. The minimum Gasteiger partial charge on any atom is -0.434 e. The van der Waals surface area contributed by atoms with Gasteiger partial charge in [0.25, 0.3) is 5.88 Å². The van der Waals surface area contributed by atoms with Crippen LogP contribution in [0.2, 0.25) is 0 Å². The molecule has 0 aliphatic carbocycles. The van der Waals surface area contributed by atoms with E-state index >= 15 is 0 Å². The summed E-state index contributed by atoms with van der Waals surface area (Å²) in [5.74, 6) is 0.127. The van der Waals surface area contributed by atoms with Crippen LogP contribution in [-0.2, 0) is 4.79 Å². The van der Waals surface area contributed by atoms with E-state index in [4.69, 9.17) is 4.74 Å². The van der Waals surface area contributed by atoms with Crippen LogP contribution in [0, 0.1) is 23.0 Å². The molecule has 1 aromatic carbocycles. The number of aromatic nitrogens is 1. The van der Waals surface area contributed by atoms with E-state index in [0.717, 1.165) is 0 Å². The van der Waals surface area contributed by atoms with E-state index in [2.05, 4.69) is 10.3 Å². The summed E-state index contributed by atoms with van der Waals surface area (Å²) in [4.78, 5) is 26.1. The molecule has 1 amide bonds. The Labute approximate surface area is 133 Å². The summed E-state index contributed by atoms with van der Waals surface area (Å²) in [6, 6.07) is 8.11. The van der Waals surface area contributed by atoms with Crippen LogP contribution in [0.3, 0.4) is 0 Å². The molecule has 0 aliphatic heterocycles. The number of nitrogens with one attached hydrogen (secondary N) is 1. The summed E-state index contributed by atoms with van der Waals surface area (Å²) >= 11 is 0. The number of hydrogen-bond donors (Lipinski definition) is 1. The number of benzene rings is 1. The van der Waals surface area contributed by atoms with E-state index in [0.29, 0.717) is 17.0 Å². The van der Waals surface area contributed by atoms with Crippen LogP contribution in [0.15, 0.2) is 36.5 Å². The van der Waals surface area contributed by atoms with Crippen molar-refractivity contribution in [1.29, 1.82) is 0 Å². The predicted molar refractivity (Wildman–Crippen MR) is 85.6 cm³/mol. The van der Waals surface area contributed by atoms with Gasteiger partial charge in [0.05, 0.1) is 4.92 Å².